The van der Waals surface area contributed by atoms with Crippen LogP contribution in [-0.2, 0) is 5.41 Å². The number of rotatable bonds is 6. The summed E-state index contributed by atoms with van der Waals surface area (Å²) in [6.45, 7) is 7.29. The van der Waals surface area contributed by atoms with Crippen LogP contribution in [0.3, 0.4) is 0 Å². The van der Waals surface area contributed by atoms with Gasteiger partial charge in [0.2, 0.25) is 0 Å². The molecule has 53 heavy (non-hydrogen) atoms. The van der Waals surface area contributed by atoms with E-state index in [9.17, 15) is 0 Å². The second-order valence-electron chi connectivity index (χ2n) is 15.5. The standard InChI is InChI=1S/C50H45N3/c1-4-50(31-33(2)20-21-34(3)32-50)42-26-24-37(25-27-42)46-30-41(29-39-15-8-10-18-44(39)46)48-51-47(40-23-22-35-12-5-6-14-38(35)28-40)52-49(53-48)45-19-11-16-36-13-7-9-17-43(36)45/h5-19,22-30,33-34H,4,20-21,31-32H2,1-3H3/t33-,34+,50?. The fraction of sp³-hybridized carbons (Fsp3) is 0.220. The number of fused-ring (bicyclic) bond motifs is 3. The Bertz CT molecular complexity index is 2590. The molecule has 260 valence electrons. The molecule has 1 unspecified atom stereocenters. The van der Waals surface area contributed by atoms with Crippen LogP contribution in [0.2, 0.25) is 0 Å². The van der Waals surface area contributed by atoms with Gasteiger partial charge in [-0.15, -0.1) is 0 Å². The van der Waals surface area contributed by atoms with Crippen LogP contribution in [-0.4, -0.2) is 15.0 Å². The highest BCUT2D eigenvalue weighted by molar-refractivity contribution is 6.00. The third-order valence-electron chi connectivity index (χ3n) is 11.9. The van der Waals surface area contributed by atoms with Gasteiger partial charge in [0, 0.05) is 16.7 Å². The topological polar surface area (TPSA) is 38.7 Å². The van der Waals surface area contributed by atoms with Crippen molar-refractivity contribution < 1.29 is 0 Å². The number of hydrogen-bond donors (Lipinski definition) is 0. The van der Waals surface area contributed by atoms with Crippen molar-refractivity contribution in [3.8, 4) is 45.3 Å². The third kappa shape index (κ3) is 6.29. The van der Waals surface area contributed by atoms with E-state index in [0.717, 1.165) is 44.7 Å². The highest BCUT2D eigenvalue weighted by atomic mass is 15.0. The molecule has 0 radical (unpaired) electrons. The average Bonchev–Trinajstić information content (AvgIpc) is 3.37. The maximum Gasteiger partial charge on any atom is 0.164 e. The molecule has 3 nitrogen and oxygen atoms in total. The normalized spacial score (nSPS) is 19.1. The van der Waals surface area contributed by atoms with E-state index >= 15 is 0 Å². The number of hydrogen-bond acceptors (Lipinski definition) is 3. The first kappa shape index (κ1) is 33.2. The molecular weight excluding hydrogens is 643 g/mol. The Labute approximate surface area is 312 Å². The van der Waals surface area contributed by atoms with Gasteiger partial charge in [-0.3, -0.25) is 0 Å². The fourth-order valence-electron chi connectivity index (χ4n) is 9.10. The zero-order chi connectivity index (χ0) is 35.9. The van der Waals surface area contributed by atoms with Gasteiger partial charge in [0.25, 0.3) is 0 Å². The van der Waals surface area contributed by atoms with Gasteiger partial charge in [-0.1, -0.05) is 161 Å². The molecule has 0 bridgehead atoms. The summed E-state index contributed by atoms with van der Waals surface area (Å²) in [6, 6.07) is 52.5. The molecule has 9 rings (SSSR count). The summed E-state index contributed by atoms with van der Waals surface area (Å²) in [5.74, 6) is 3.50. The largest absolute Gasteiger partial charge is 0.208 e. The molecule has 1 heterocycles. The molecule has 0 saturated heterocycles. The first-order valence-corrected chi connectivity index (χ1v) is 19.3. The van der Waals surface area contributed by atoms with Crippen molar-refractivity contribution in [3.63, 3.8) is 0 Å². The van der Waals surface area contributed by atoms with Crippen LogP contribution in [0.25, 0.3) is 77.6 Å². The first-order valence-electron chi connectivity index (χ1n) is 19.3. The van der Waals surface area contributed by atoms with Crippen LogP contribution >= 0.6 is 0 Å². The van der Waals surface area contributed by atoms with Crippen molar-refractivity contribution in [2.24, 2.45) is 11.8 Å². The van der Waals surface area contributed by atoms with Crippen LogP contribution in [0.1, 0.15) is 58.4 Å². The van der Waals surface area contributed by atoms with Crippen LogP contribution in [0.5, 0.6) is 0 Å². The van der Waals surface area contributed by atoms with Gasteiger partial charge < -0.3 is 0 Å². The molecule has 1 fully saturated rings. The Balaban J connectivity index is 1.21. The van der Waals surface area contributed by atoms with Crippen molar-refractivity contribution in [2.45, 2.75) is 58.3 Å². The third-order valence-corrected chi connectivity index (χ3v) is 11.9. The lowest BCUT2D eigenvalue weighted by atomic mass is 9.69. The van der Waals surface area contributed by atoms with Crippen molar-refractivity contribution in [3.05, 3.63) is 151 Å². The molecule has 8 aromatic rings. The predicted molar refractivity (Wildman–Crippen MR) is 223 cm³/mol. The number of nitrogens with zero attached hydrogens (tertiary/aromatic N) is 3. The van der Waals surface area contributed by atoms with E-state index in [1.165, 1.54) is 65.0 Å². The van der Waals surface area contributed by atoms with E-state index < -0.39 is 0 Å². The molecule has 0 amide bonds. The van der Waals surface area contributed by atoms with Crippen molar-refractivity contribution >= 4 is 32.3 Å². The minimum atomic E-state index is 0.236. The van der Waals surface area contributed by atoms with Gasteiger partial charge in [-0.25, -0.2) is 15.0 Å². The molecule has 0 spiro atoms. The van der Waals surface area contributed by atoms with Crippen LogP contribution in [0, 0.1) is 11.8 Å². The van der Waals surface area contributed by atoms with E-state index in [-0.39, 0.29) is 5.41 Å². The van der Waals surface area contributed by atoms with Crippen molar-refractivity contribution in [1.82, 2.24) is 15.0 Å². The molecule has 1 aliphatic rings. The highest BCUT2D eigenvalue weighted by Crippen LogP contribution is 2.46. The van der Waals surface area contributed by atoms with Crippen molar-refractivity contribution in [2.75, 3.05) is 0 Å². The summed E-state index contributed by atoms with van der Waals surface area (Å²) < 4.78 is 0. The molecule has 3 atom stereocenters. The second kappa shape index (κ2) is 13.7. The molecule has 1 aromatic heterocycles. The maximum absolute atomic E-state index is 5.25. The summed E-state index contributed by atoms with van der Waals surface area (Å²) in [5, 5.41) is 7.03. The van der Waals surface area contributed by atoms with E-state index in [0.29, 0.717) is 17.5 Å². The van der Waals surface area contributed by atoms with Crippen LogP contribution in [0.4, 0.5) is 0 Å². The predicted octanol–water partition coefficient (Wildman–Crippen LogP) is 13.5. The monoisotopic (exact) mass is 687 g/mol. The zero-order valence-electron chi connectivity index (χ0n) is 30.9. The number of aromatic nitrogens is 3. The van der Waals surface area contributed by atoms with Gasteiger partial charge >= 0.3 is 0 Å². The smallest absolute Gasteiger partial charge is 0.164 e. The summed E-state index contributed by atoms with van der Waals surface area (Å²) in [5.41, 5.74) is 7.07. The summed E-state index contributed by atoms with van der Waals surface area (Å²) in [7, 11) is 0. The van der Waals surface area contributed by atoms with Gasteiger partial charge in [-0.05, 0) is 104 Å². The Kier molecular flexibility index (Phi) is 8.58. The second-order valence-corrected chi connectivity index (χ2v) is 15.5. The summed E-state index contributed by atoms with van der Waals surface area (Å²) in [4.78, 5) is 15.6. The lowest BCUT2D eigenvalue weighted by Crippen LogP contribution is -2.28. The lowest BCUT2D eigenvalue weighted by molar-refractivity contribution is 0.295. The van der Waals surface area contributed by atoms with Crippen LogP contribution in [0.15, 0.2) is 146 Å². The van der Waals surface area contributed by atoms with E-state index in [1.54, 1.807) is 0 Å². The minimum absolute atomic E-state index is 0.236. The highest BCUT2D eigenvalue weighted by Gasteiger charge is 2.36. The minimum Gasteiger partial charge on any atom is -0.208 e. The SMILES string of the molecule is CCC1(c2ccc(-c3cc(-c4nc(-c5ccc6ccccc6c5)nc(-c5cccc6ccccc56)n4)cc4ccccc34)cc2)C[C@H](C)CC[C@H](C)C1. The zero-order valence-corrected chi connectivity index (χ0v) is 30.9. The number of benzene rings is 7. The summed E-state index contributed by atoms with van der Waals surface area (Å²) in [6.07, 6.45) is 6.38. The van der Waals surface area contributed by atoms with E-state index in [4.69, 9.17) is 15.0 Å². The Morgan fingerprint density at radius 2 is 1.02 bits per heavy atom. The quantitative estimate of drug-likeness (QED) is 0.163. The molecule has 0 N–H and O–H groups in total. The van der Waals surface area contributed by atoms with Crippen LogP contribution < -0.4 is 0 Å². The van der Waals surface area contributed by atoms with Gasteiger partial charge in [0.1, 0.15) is 0 Å². The van der Waals surface area contributed by atoms with E-state index in [2.05, 4.69) is 166 Å². The molecule has 0 aliphatic heterocycles. The van der Waals surface area contributed by atoms with Gasteiger partial charge in [0.05, 0.1) is 0 Å². The Morgan fingerprint density at radius 3 is 1.74 bits per heavy atom. The molecule has 3 heteroatoms. The van der Waals surface area contributed by atoms with Crippen molar-refractivity contribution in [1.29, 1.82) is 0 Å². The van der Waals surface area contributed by atoms with Gasteiger partial charge in [-0.2, -0.15) is 0 Å². The Hall–Kier alpha value is -5.67. The molecule has 1 saturated carbocycles. The first-order chi connectivity index (χ1) is 26.0. The molecule has 7 aromatic carbocycles. The van der Waals surface area contributed by atoms with E-state index in [1.807, 2.05) is 0 Å². The lowest BCUT2D eigenvalue weighted by Gasteiger charge is -2.35. The average molecular weight is 688 g/mol. The molecular formula is C50H45N3. The van der Waals surface area contributed by atoms with Gasteiger partial charge in [0.15, 0.2) is 17.5 Å². The molecule has 1 aliphatic carbocycles. The Morgan fingerprint density at radius 1 is 0.472 bits per heavy atom. The summed E-state index contributed by atoms with van der Waals surface area (Å²) >= 11 is 0. The fourth-order valence-corrected chi connectivity index (χ4v) is 9.10. The maximum atomic E-state index is 5.25.